The molecule has 5 heteroatoms. The molecule has 0 saturated carbocycles. The van der Waals surface area contributed by atoms with Gasteiger partial charge in [-0.15, -0.1) is 0 Å². The molecule has 1 unspecified atom stereocenters. The van der Waals surface area contributed by atoms with Crippen molar-refractivity contribution in [3.63, 3.8) is 0 Å². The highest BCUT2D eigenvalue weighted by Gasteiger charge is 2.23. The van der Waals surface area contributed by atoms with E-state index in [1.807, 2.05) is 19.1 Å². The van der Waals surface area contributed by atoms with Crippen molar-refractivity contribution in [2.75, 3.05) is 24.5 Å². The predicted octanol–water partition coefficient (Wildman–Crippen LogP) is 1.90. The first-order valence-corrected chi connectivity index (χ1v) is 6.41. The van der Waals surface area contributed by atoms with Crippen LogP contribution in [0.25, 0.3) is 0 Å². The summed E-state index contributed by atoms with van der Waals surface area (Å²) < 4.78 is 0. The van der Waals surface area contributed by atoms with Gasteiger partial charge in [0.05, 0.1) is 6.54 Å². The molecule has 18 heavy (non-hydrogen) atoms. The Morgan fingerprint density at radius 2 is 2.39 bits per heavy atom. The highest BCUT2D eigenvalue weighted by molar-refractivity contribution is 6.31. The zero-order valence-electron chi connectivity index (χ0n) is 10.3. The van der Waals surface area contributed by atoms with Gasteiger partial charge in [-0.2, -0.15) is 0 Å². The van der Waals surface area contributed by atoms with E-state index < -0.39 is 5.97 Å². The number of carbonyl (C=O) groups is 1. The molecule has 4 nitrogen and oxygen atoms in total. The molecule has 0 spiro atoms. The standard InChI is InChI=1S/C13H17ClN2O2/c1-9-11(14)3-2-4-12(9)16-6-5-10(8-16)15-7-13(17)18/h2-4,10,15H,5-8H2,1H3,(H,17,18). The normalized spacial score (nSPS) is 19.2. The van der Waals surface area contributed by atoms with E-state index in [0.717, 1.165) is 35.8 Å². The third kappa shape index (κ3) is 2.94. The fourth-order valence-electron chi connectivity index (χ4n) is 2.32. The number of rotatable bonds is 4. The van der Waals surface area contributed by atoms with Gasteiger partial charge in [-0.1, -0.05) is 17.7 Å². The fraction of sp³-hybridized carbons (Fsp3) is 0.462. The van der Waals surface area contributed by atoms with Gasteiger partial charge in [-0.05, 0) is 31.0 Å². The van der Waals surface area contributed by atoms with E-state index in [0.29, 0.717) is 0 Å². The predicted molar refractivity (Wildman–Crippen MR) is 72.4 cm³/mol. The lowest BCUT2D eigenvalue weighted by Gasteiger charge is -2.21. The molecule has 98 valence electrons. The quantitative estimate of drug-likeness (QED) is 0.876. The van der Waals surface area contributed by atoms with Gasteiger partial charge in [0.1, 0.15) is 0 Å². The molecular weight excluding hydrogens is 252 g/mol. The minimum Gasteiger partial charge on any atom is -0.480 e. The Morgan fingerprint density at radius 1 is 1.61 bits per heavy atom. The van der Waals surface area contributed by atoms with E-state index >= 15 is 0 Å². The van der Waals surface area contributed by atoms with Crippen LogP contribution < -0.4 is 10.2 Å². The summed E-state index contributed by atoms with van der Waals surface area (Å²) >= 11 is 6.11. The largest absolute Gasteiger partial charge is 0.480 e. The maximum atomic E-state index is 10.5. The van der Waals surface area contributed by atoms with Gasteiger partial charge in [0.25, 0.3) is 0 Å². The van der Waals surface area contributed by atoms with Crippen molar-refractivity contribution >= 4 is 23.3 Å². The average molecular weight is 269 g/mol. The molecule has 1 aromatic carbocycles. The third-order valence-corrected chi connectivity index (χ3v) is 3.72. The number of carboxylic acids is 1. The summed E-state index contributed by atoms with van der Waals surface area (Å²) in [4.78, 5) is 12.8. The molecule has 1 aliphatic heterocycles. The second-order valence-corrected chi connectivity index (χ2v) is 5.00. The Hall–Kier alpha value is -1.26. The Bertz CT molecular complexity index is 451. The zero-order chi connectivity index (χ0) is 13.1. The first-order chi connectivity index (χ1) is 8.58. The number of nitrogens with one attached hydrogen (secondary N) is 1. The van der Waals surface area contributed by atoms with Gasteiger partial charge in [0.2, 0.25) is 0 Å². The number of hydrogen-bond donors (Lipinski definition) is 2. The first-order valence-electron chi connectivity index (χ1n) is 6.03. The number of halogens is 1. The number of aliphatic carboxylic acids is 1. The van der Waals surface area contributed by atoms with Crippen LogP contribution in [-0.2, 0) is 4.79 Å². The van der Waals surface area contributed by atoms with E-state index in [9.17, 15) is 4.79 Å². The Kier molecular flexibility index (Phi) is 4.09. The molecule has 2 rings (SSSR count). The zero-order valence-corrected chi connectivity index (χ0v) is 11.1. The van der Waals surface area contributed by atoms with Gasteiger partial charge in [0.15, 0.2) is 0 Å². The van der Waals surface area contributed by atoms with E-state index in [1.165, 1.54) is 0 Å². The lowest BCUT2D eigenvalue weighted by molar-refractivity contribution is -0.136. The topological polar surface area (TPSA) is 52.6 Å². The number of hydrogen-bond acceptors (Lipinski definition) is 3. The van der Waals surface area contributed by atoms with Crippen molar-refractivity contribution in [3.05, 3.63) is 28.8 Å². The van der Waals surface area contributed by atoms with Crippen molar-refractivity contribution in [1.82, 2.24) is 5.32 Å². The lowest BCUT2D eigenvalue weighted by atomic mass is 10.2. The number of nitrogens with zero attached hydrogens (tertiary/aromatic N) is 1. The van der Waals surface area contributed by atoms with Crippen LogP contribution in [0.15, 0.2) is 18.2 Å². The van der Waals surface area contributed by atoms with E-state index in [-0.39, 0.29) is 12.6 Å². The maximum Gasteiger partial charge on any atom is 0.317 e. The minimum absolute atomic E-state index is 0.0209. The SMILES string of the molecule is Cc1c(Cl)cccc1N1CCC(NCC(=O)O)C1. The molecule has 1 aliphatic rings. The Labute approximate surface area is 112 Å². The summed E-state index contributed by atoms with van der Waals surface area (Å²) in [5.74, 6) is -0.813. The summed E-state index contributed by atoms with van der Waals surface area (Å²) in [5.41, 5.74) is 2.22. The van der Waals surface area contributed by atoms with Crippen LogP contribution in [0, 0.1) is 6.92 Å². The summed E-state index contributed by atoms with van der Waals surface area (Å²) in [6, 6.07) is 6.12. The molecule has 0 amide bonds. The molecule has 0 bridgehead atoms. The molecule has 0 aromatic heterocycles. The summed E-state index contributed by atoms with van der Waals surface area (Å²) in [7, 11) is 0. The molecule has 0 radical (unpaired) electrons. The van der Waals surface area contributed by atoms with Gasteiger partial charge < -0.3 is 15.3 Å². The second-order valence-electron chi connectivity index (χ2n) is 4.59. The fourth-order valence-corrected chi connectivity index (χ4v) is 2.49. The van der Waals surface area contributed by atoms with Crippen molar-refractivity contribution in [2.45, 2.75) is 19.4 Å². The monoisotopic (exact) mass is 268 g/mol. The van der Waals surface area contributed by atoms with E-state index in [1.54, 1.807) is 0 Å². The summed E-state index contributed by atoms with van der Waals surface area (Å²) in [5, 5.41) is 12.5. The average Bonchev–Trinajstić information content (AvgIpc) is 2.78. The molecule has 0 aliphatic carbocycles. The van der Waals surface area contributed by atoms with Crippen LogP contribution in [-0.4, -0.2) is 36.8 Å². The number of benzene rings is 1. The molecule has 1 saturated heterocycles. The Morgan fingerprint density at radius 3 is 3.11 bits per heavy atom. The Balaban J connectivity index is 2.00. The van der Waals surface area contributed by atoms with Crippen LogP contribution in [0.1, 0.15) is 12.0 Å². The van der Waals surface area contributed by atoms with Gasteiger partial charge >= 0.3 is 5.97 Å². The third-order valence-electron chi connectivity index (χ3n) is 3.31. The van der Waals surface area contributed by atoms with Crippen molar-refractivity contribution in [2.24, 2.45) is 0 Å². The summed E-state index contributed by atoms with van der Waals surface area (Å²) in [6.45, 7) is 3.79. The van der Waals surface area contributed by atoms with Crippen LogP contribution in [0.2, 0.25) is 5.02 Å². The van der Waals surface area contributed by atoms with Crippen molar-refractivity contribution in [1.29, 1.82) is 0 Å². The number of anilines is 1. The van der Waals surface area contributed by atoms with Crippen molar-refractivity contribution in [3.8, 4) is 0 Å². The smallest absolute Gasteiger partial charge is 0.317 e. The molecule has 1 heterocycles. The van der Waals surface area contributed by atoms with Crippen LogP contribution in [0.5, 0.6) is 0 Å². The highest BCUT2D eigenvalue weighted by Crippen LogP contribution is 2.28. The molecule has 1 aromatic rings. The summed E-state index contributed by atoms with van der Waals surface area (Å²) in [6.07, 6.45) is 0.958. The number of carboxylic acid groups (broad SMARTS) is 1. The molecule has 1 atom stereocenters. The maximum absolute atomic E-state index is 10.5. The van der Waals surface area contributed by atoms with Crippen molar-refractivity contribution < 1.29 is 9.90 Å². The first kappa shape index (κ1) is 13.2. The van der Waals surface area contributed by atoms with Gasteiger partial charge in [0, 0.05) is 29.8 Å². The van der Waals surface area contributed by atoms with E-state index in [2.05, 4.69) is 16.3 Å². The molecule has 2 N–H and O–H groups in total. The van der Waals surface area contributed by atoms with Crippen LogP contribution in [0.4, 0.5) is 5.69 Å². The lowest BCUT2D eigenvalue weighted by Crippen LogP contribution is -2.36. The molecular formula is C13H17ClN2O2. The second kappa shape index (κ2) is 5.59. The van der Waals surface area contributed by atoms with Crippen LogP contribution >= 0.6 is 11.6 Å². The van der Waals surface area contributed by atoms with Crippen LogP contribution in [0.3, 0.4) is 0 Å². The minimum atomic E-state index is -0.813. The van der Waals surface area contributed by atoms with Gasteiger partial charge in [-0.3, -0.25) is 4.79 Å². The molecule has 1 fully saturated rings. The van der Waals surface area contributed by atoms with Gasteiger partial charge in [-0.25, -0.2) is 0 Å². The van der Waals surface area contributed by atoms with E-state index in [4.69, 9.17) is 16.7 Å². The highest BCUT2D eigenvalue weighted by atomic mass is 35.5.